The number of oxazole rings is 1. The molecule has 1 aliphatic rings. The third-order valence-corrected chi connectivity index (χ3v) is 6.55. The number of aromatic nitrogens is 5. The molecule has 28 heavy (non-hydrogen) atoms. The van der Waals surface area contributed by atoms with E-state index in [2.05, 4.69) is 42.3 Å². The van der Waals surface area contributed by atoms with Crippen LogP contribution in [0.4, 0.5) is 0 Å². The van der Waals surface area contributed by atoms with Gasteiger partial charge in [0, 0.05) is 5.39 Å². The Morgan fingerprint density at radius 1 is 1.32 bits per heavy atom. The number of hydrogen-bond acceptors (Lipinski definition) is 7. The highest BCUT2D eigenvalue weighted by Gasteiger charge is 2.27. The molecule has 138 valence electrons. The Bertz CT molecular complexity index is 1220. The number of fused-ring (bicyclic) bond motifs is 2. The summed E-state index contributed by atoms with van der Waals surface area (Å²) in [5.41, 5.74) is 3.92. The molecule has 5 rings (SSSR count). The number of benzene rings is 1. The van der Waals surface area contributed by atoms with Crippen molar-refractivity contribution in [2.24, 2.45) is 0 Å². The number of nitrogens with zero attached hydrogens (tertiary/aromatic N) is 6. The molecular weight excluding hydrogens is 490 g/mol. The van der Waals surface area contributed by atoms with Gasteiger partial charge in [-0.2, -0.15) is 15.5 Å². The minimum atomic E-state index is -0.178. The quantitative estimate of drug-likeness (QED) is 0.304. The smallest absolute Gasteiger partial charge is 0.181 e. The average molecular weight is 502 g/mol. The summed E-state index contributed by atoms with van der Waals surface area (Å²) in [6.45, 7) is 0. The second-order valence-electron chi connectivity index (χ2n) is 6.29. The van der Waals surface area contributed by atoms with Crippen LogP contribution in [0.3, 0.4) is 0 Å². The molecule has 0 saturated carbocycles. The number of ether oxygens (including phenoxy) is 1. The Morgan fingerprint density at radius 3 is 3.04 bits per heavy atom. The SMILES string of the molecule is N#Cc1cc2c(nn1)C(Oc1ccc3c(c1)c(-c1cnco1)nn3PI)CC2. The number of hydrogen-bond donors (Lipinski definition) is 0. The van der Waals surface area contributed by atoms with E-state index in [1.807, 2.05) is 28.7 Å². The number of nitriles is 1. The minimum Gasteiger partial charge on any atom is -0.484 e. The molecule has 0 N–H and O–H groups in total. The molecule has 0 aliphatic heterocycles. The highest BCUT2D eigenvalue weighted by molar-refractivity contribution is 14.2. The van der Waals surface area contributed by atoms with Crippen molar-refractivity contribution in [2.75, 3.05) is 0 Å². The van der Waals surface area contributed by atoms with E-state index in [9.17, 15) is 0 Å². The van der Waals surface area contributed by atoms with Crippen LogP contribution in [-0.2, 0) is 6.42 Å². The van der Waals surface area contributed by atoms with E-state index in [4.69, 9.17) is 14.4 Å². The molecule has 2 unspecified atom stereocenters. The largest absolute Gasteiger partial charge is 0.484 e. The summed E-state index contributed by atoms with van der Waals surface area (Å²) in [7, 11) is 0. The van der Waals surface area contributed by atoms with Gasteiger partial charge in [0.15, 0.2) is 17.8 Å². The van der Waals surface area contributed by atoms with Crippen LogP contribution in [0.15, 0.2) is 41.3 Å². The molecule has 0 saturated heterocycles. The van der Waals surface area contributed by atoms with Gasteiger partial charge in [0.25, 0.3) is 0 Å². The standard InChI is InChI=1S/C18H12IN6O2P/c19-28-25-14-3-2-12(6-13(14)18(24-25)16-8-21-9-26-16)27-15-4-1-10-5-11(7-20)22-23-17(10)15/h2-3,5-6,8-9,15,28H,1,4H2. The van der Waals surface area contributed by atoms with Gasteiger partial charge in [-0.15, -0.1) is 5.10 Å². The van der Waals surface area contributed by atoms with Gasteiger partial charge < -0.3 is 9.15 Å². The Hall–Kier alpha value is -2.57. The fourth-order valence-electron chi connectivity index (χ4n) is 3.42. The number of rotatable bonds is 4. The van der Waals surface area contributed by atoms with E-state index in [0.717, 1.165) is 46.4 Å². The van der Waals surface area contributed by atoms with Crippen LogP contribution in [0.2, 0.25) is 0 Å². The van der Waals surface area contributed by atoms with Crippen LogP contribution in [0, 0.1) is 11.3 Å². The van der Waals surface area contributed by atoms with Gasteiger partial charge in [0.1, 0.15) is 29.3 Å². The van der Waals surface area contributed by atoms with Crippen molar-refractivity contribution in [3.8, 4) is 23.3 Å². The first kappa shape index (κ1) is 17.5. The second kappa shape index (κ2) is 7.11. The number of aryl methyl sites for hydroxylation is 1. The van der Waals surface area contributed by atoms with Gasteiger partial charge in [-0.3, -0.25) is 0 Å². The monoisotopic (exact) mass is 502 g/mol. The predicted octanol–water partition coefficient (Wildman–Crippen LogP) is 4.21. The second-order valence-corrected chi connectivity index (χ2v) is 8.33. The summed E-state index contributed by atoms with van der Waals surface area (Å²) >= 11 is 2.30. The molecule has 2 atom stereocenters. The zero-order valence-corrected chi connectivity index (χ0v) is 17.5. The first-order chi connectivity index (χ1) is 13.8. The molecule has 3 aromatic heterocycles. The zero-order valence-electron chi connectivity index (χ0n) is 14.3. The minimum absolute atomic E-state index is 0.178. The van der Waals surface area contributed by atoms with Gasteiger partial charge in [0.05, 0.1) is 18.1 Å². The fourth-order valence-corrected chi connectivity index (χ4v) is 4.94. The summed E-state index contributed by atoms with van der Waals surface area (Å²) in [5.74, 6) is 1.35. The van der Waals surface area contributed by atoms with Crippen molar-refractivity contribution >= 4 is 39.3 Å². The van der Waals surface area contributed by atoms with Crippen LogP contribution < -0.4 is 4.74 Å². The molecule has 1 aromatic carbocycles. The first-order valence-corrected chi connectivity index (χ1v) is 12.5. The van der Waals surface area contributed by atoms with E-state index in [0.29, 0.717) is 17.8 Å². The lowest BCUT2D eigenvalue weighted by molar-refractivity contribution is 0.202. The molecule has 4 aromatic rings. The van der Waals surface area contributed by atoms with E-state index >= 15 is 0 Å². The molecule has 0 fully saturated rings. The highest BCUT2D eigenvalue weighted by atomic mass is 127. The Labute approximate surface area is 174 Å². The average Bonchev–Trinajstić information content (AvgIpc) is 3.46. The predicted molar refractivity (Wildman–Crippen MR) is 111 cm³/mol. The third-order valence-electron chi connectivity index (χ3n) is 4.68. The maximum atomic E-state index is 8.99. The molecule has 0 radical (unpaired) electrons. The van der Waals surface area contributed by atoms with Crippen LogP contribution in [0.25, 0.3) is 22.4 Å². The van der Waals surface area contributed by atoms with Crippen LogP contribution in [0.5, 0.6) is 5.75 Å². The van der Waals surface area contributed by atoms with Crippen molar-refractivity contribution in [1.29, 1.82) is 5.26 Å². The Morgan fingerprint density at radius 2 is 2.25 bits per heavy atom. The van der Waals surface area contributed by atoms with Gasteiger partial charge in [-0.1, -0.05) is 0 Å². The maximum absolute atomic E-state index is 8.99. The van der Waals surface area contributed by atoms with Crippen LogP contribution in [0.1, 0.15) is 29.5 Å². The van der Waals surface area contributed by atoms with Crippen molar-refractivity contribution in [3.63, 3.8) is 0 Å². The van der Waals surface area contributed by atoms with Crippen molar-refractivity contribution < 1.29 is 9.15 Å². The molecule has 0 spiro atoms. The van der Waals surface area contributed by atoms with Gasteiger partial charge in [-0.05, 0) is 64.7 Å². The molecule has 8 nitrogen and oxygen atoms in total. The molecule has 3 heterocycles. The third kappa shape index (κ3) is 2.93. The normalized spacial score (nSPS) is 15.9. The summed E-state index contributed by atoms with van der Waals surface area (Å²) in [5, 5.41) is 22.8. The van der Waals surface area contributed by atoms with E-state index in [1.54, 1.807) is 12.3 Å². The Balaban J connectivity index is 1.52. The lowest BCUT2D eigenvalue weighted by Gasteiger charge is -2.14. The van der Waals surface area contributed by atoms with Crippen molar-refractivity contribution in [3.05, 3.63) is 53.8 Å². The van der Waals surface area contributed by atoms with Crippen LogP contribution in [-0.4, -0.2) is 24.7 Å². The molecule has 10 heteroatoms. The first-order valence-electron chi connectivity index (χ1n) is 8.48. The van der Waals surface area contributed by atoms with E-state index in [1.165, 1.54) is 6.39 Å². The van der Waals surface area contributed by atoms with Gasteiger partial charge >= 0.3 is 0 Å². The lowest BCUT2D eigenvalue weighted by atomic mass is 10.1. The van der Waals surface area contributed by atoms with E-state index < -0.39 is 0 Å². The van der Waals surface area contributed by atoms with Crippen LogP contribution >= 0.6 is 28.4 Å². The summed E-state index contributed by atoms with van der Waals surface area (Å²) < 4.78 is 13.6. The van der Waals surface area contributed by atoms with Gasteiger partial charge in [0.2, 0.25) is 0 Å². The summed E-state index contributed by atoms with van der Waals surface area (Å²) in [6.07, 6.45) is 4.97. The maximum Gasteiger partial charge on any atom is 0.181 e. The van der Waals surface area contributed by atoms with Crippen molar-refractivity contribution in [1.82, 2.24) is 24.7 Å². The summed E-state index contributed by atoms with van der Waals surface area (Å²) in [6, 6.07) is 9.74. The topological polar surface area (TPSA) is 103 Å². The Kier molecular flexibility index (Phi) is 4.45. The van der Waals surface area contributed by atoms with E-state index in [-0.39, 0.29) is 6.10 Å². The number of halogens is 1. The molecule has 0 bridgehead atoms. The molecule has 1 aliphatic carbocycles. The molecular formula is C18H12IN6O2P. The fraction of sp³-hybridized carbons (Fsp3) is 0.167. The lowest BCUT2D eigenvalue weighted by Crippen LogP contribution is -2.07. The van der Waals surface area contributed by atoms with Gasteiger partial charge in [-0.25, -0.2) is 9.44 Å². The highest BCUT2D eigenvalue weighted by Crippen LogP contribution is 2.38. The van der Waals surface area contributed by atoms with Crippen molar-refractivity contribution in [2.45, 2.75) is 18.9 Å². The zero-order chi connectivity index (χ0) is 19.1. The summed E-state index contributed by atoms with van der Waals surface area (Å²) in [4.78, 5) is 4.00. The molecule has 0 amide bonds.